The number of carbonyl (C=O) groups excluding carboxylic acids is 2. The van der Waals surface area contributed by atoms with E-state index in [4.69, 9.17) is 32.7 Å². The summed E-state index contributed by atoms with van der Waals surface area (Å²) in [5.41, 5.74) is 0.694. The number of anilines is 1. The van der Waals surface area contributed by atoms with Gasteiger partial charge in [-0.1, -0.05) is 43.1 Å². The van der Waals surface area contributed by atoms with E-state index in [-0.39, 0.29) is 24.9 Å². The second-order valence-corrected chi connectivity index (χ2v) is 11.0. The number of rotatable bonds is 11. The lowest BCUT2D eigenvalue weighted by Crippen LogP contribution is -2.52. The Balaban J connectivity index is 1.98. The minimum atomic E-state index is -3.88. The van der Waals surface area contributed by atoms with Crippen LogP contribution in [0.4, 0.5) is 5.69 Å². The predicted octanol–water partition coefficient (Wildman–Crippen LogP) is 3.82. The Morgan fingerprint density at radius 2 is 1.75 bits per heavy atom. The summed E-state index contributed by atoms with van der Waals surface area (Å²) in [6.07, 6.45) is 2.02. The molecule has 12 heteroatoms. The fraction of sp³-hybridized carbons (Fsp3) is 0.417. The third-order valence-corrected chi connectivity index (χ3v) is 7.50. The number of amides is 2. The quantitative estimate of drug-likeness (QED) is 0.450. The normalized spacial score (nSPS) is 13.2. The maximum Gasteiger partial charge on any atom is 0.244 e. The molecule has 2 aromatic carbocycles. The molecule has 0 unspecified atom stereocenters. The number of nitrogens with zero attached hydrogens (tertiary/aromatic N) is 2. The number of benzene rings is 2. The van der Waals surface area contributed by atoms with Crippen molar-refractivity contribution in [3.8, 4) is 11.5 Å². The molecular formula is C24H29Cl2N3O6S. The van der Waals surface area contributed by atoms with E-state index in [0.717, 1.165) is 17.0 Å². The molecule has 196 valence electrons. The van der Waals surface area contributed by atoms with Gasteiger partial charge < -0.3 is 19.7 Å². The molecule has 0 radical (unpaired) electrons. The van der Waals surface area contributed by atoms with E-state index in [0.29, 0.717) is 40.1 Å². The minimum absolute atomic E-state index is 0.0218. The molecule has 3 rings (SSSR count). The highest BCUT2D eigenvalue weighted by atomic mass is 35.5. The third-order valence-electron chi connectivity index (χ3n) is 5.65. The molecule has 9 nitrogen and oxygen atoms in total. The summed E-state index contributed by atoms with van der Waals surface area (Å²) < 4.78 is 37.1. The molecule has 0 aliphatic carbocycles. The summed E-state index contributed by atoms with van der Waals surface area (Å²) in [7, 11) is -3.88. The van der Waals surface area contributed by atoms with Gasteiger partial charge in [-0.05, 0) is 37.1 Å². The highest BCUT2D eigenvalue weighted by Gasteiger charge is 2.33. The van der Waals surface area contributed by atoms with Crippen molar-refractivity contribution in [1.82, 2.24) is 10.2 Å². The first-order valence-corrected chi connectivity index (χ1v) is 14.0. The number of fused-ring (bicyclic) bond motifs is 1. The summed E-state index contributed by atoms with van der Waals surface area (Å²) in [4.78, 5) is 28.0. The Morgan fingerprint density at radius 1 is 1.08 bits per heavy atom. The standard InChI is InChI=1S/C24H29Cl2N3O6S/c1-4-11-27-24(31)20(5-2)28(13-17-18(25)7-6-8-19(17)26)23(30)14-29(36(3,32)33)16-9-10-21-22(12-16)35-15-34-21/h6-10,12,20H,4-5,11,13-15H2,1-3H3,(H,27,31)/t20-/m0/s1. The van der Waals surface area contributed by atoms with Gasteiger partial charge >= 0.3 is 0 Å². The summed E-state index contributed by atoms with van der Waals surface area (Å²) in [5, 5.41) is 3.48. The van der Waals surface area contributed by atoms with Gasteiger partial charge in [0, 0.05) is 34.8 Å². The lowest BCUT2D eigenvalue weighted by molar-refractivity contribution is -0.140. The second kappa shape index (κ2) is 12.0. The van der Waals surface area contributed by atoms with Gasteiger partial charge in [0.15, 0.2) is 11.5 Å². The van der Waals surface area contributed by atoms with Gasteiger partial charge in [-0.15, -0.1) is 0 Å². The first-order valence-electron chi connectivity index (χ1n) is 11.4. The van der Waals surface area contributed by atoms with Crippen LogP contribution in [0.25, 0.3) is 0 Å². The zero-order valence-electron chi connectivity index (χ0n) is 20.3. The maximum absolute atomic E-state index is 13.7. The number of nitrogens with one attached hydrogen (secondary N) is 1. The number of sulfonamides is 1. The van der Waals surface area contributed by atoms with Crippen molar-refractivity contribution in [2.24, 2.45) is 0 Å². The molecule has 2 amide bonds. The molecule has 1 atom stereocenters. The maximum atomic E-state index is 13.7. The number of hydrogen-bond acceptors (Lipinski definition) is 6. The number of ether oxygens (including phenoxy) is 2. The zero-order chi connectivity index (χ0) is 26.5. The molecule has 0 aromatic heterocycles. The Kier molecular flexibility index (Phi) is 9.32. The first kappa shape index (κ1) is 27.9. The fourth-order valence-electron chi connectivity index (χ4n) is 3.79. The highest BCUT2D eigenvalue weighted by molar-refractivity contribution is 7.92. The monoisotopic (exact) mass is 557 g/mol. The van der Waals surface area contributed by atoms with Gasteiger partial charge in [-0.2, -0.15) is 0 Å². The third kappa shape index (κ3) is 6.54. The first-order chi connectivity index (χ1) is 17.1. The molecule has 0 fully saturated rings. The molecule has 0 saturated carbocycles. The molecule has 1 aliphatic heterocycles. The zero-order valence-corrected chi connectivity index (χ0v) is 22.6. The Bertz CT molecular complexity index is 1200. The van der Waals surface area contributed by atoms with Gasteiger partial charge in [0.1, 0.15) is 12.6 Å². The molecular weight excluding hydrogens is 529 g/mol. The van der Waals surface area contributed by atoms with Gasteiger partial charge in [0.25, 0.3) is 0 Å². The average Bonchev–Trinajstić information content (AvgIpc) is 3.29. The molecule has 1 heterocycles. The van der Waals surface area contributed by atoms with Crippen LogP contribution in [-0.2, 0) is 26.2 Å². The minimum Gasteiger partial charge on any atom is -0.454 e. The van der Waals surface area contributed by atoms with Crippen LogP contribution in [0.1, 0.15) is 32.3 Å². The van der Waals surface area contributed by atoms with Gasteiger partial charge in [0.05, 0.1) is 11.9 Å². The van der Waals surface area contributed by atoms with Crippen LogP contribution in [0.5, 0.6) is 11.5 Å². The number of halogens is 2. The van der Waals surface area contributed by atoms with E-state index >= 15 is 0 Å². The Morgan fingerprint density at radius 3 is 2.36 bits per heavy atom. The van der Waals surface area contributed by atoms with E-state index in [1.165, 1.54) is 17.0 Å². The lowest BCUT2D eigenvalue weighted by atomic mass is 10.1. The molecule has 36 heavy (non-hydrogen) atoms. The molecule has 0 bridgehead atoms. The molecule has 2 aromatic rings. The topological polar surface area (TPSA) is 105 Å². The largest absolute Gasteiger partial charge is 0.454 e. The van der Waals surface area contributed by atoms with Crippen LogP contribution >= 0.6 is 23.2 Å². The van der Waals surface area contributed by atoms with Crippen molar-refractivity contribution in [3.63, 3.8) is 0 Å². The number of hydrogen-bond donors (Lipinski definition) is 1. The van der Waals surface area contributed by atoms with E-state index in [1.807, 2.05) is 6.92 Å². The van der Waals surface area contributed by atoms with Gasteiger partial charge in [-0.3, -0.25) is 13.9 Å². The average molecular weight is 558 g/mol. The number of carbonyl (C=O) groups is 2. The van der Waals surface area contributed by atoms with Crippen molar-refractivity contribution in [3.05, 3.63) is 52.0 Å². The summed E-state index contributed by atoms with van der Waals surface area (Å²) in [5.74, 6) is -0.0803. The van der Waals surface area contributed by atoms with E-state index in [9.17, 15) is 18.0 Å². The predicted molar refractivity (Wildman–Crippen MR) is 139 cm³/mol. The van der Waals surface area contributed by atoms with Gasteiger partial charge in [0.2, 0.25) is 28.6 Å². The van der Waals surface area contributed by atoms with Crippen LogP contribution in [0.15, 0.2) is 36.4 Å². The SMILES string of the molecule is CCCNC(=O)[C@H](CC)N(Cc1c(Cl)cccc1Cl)C(=O)CN(c1ccc2c(c1)OCO2)S(C)(=O)=O. The Labute approximate surface area is 221 Å². The van der Waals surface area contributed by atoms with Crippen LogP contribution < -0.4 is 19.1 Å². The molecule has 1 N–H and O–H groups in total. The van der Waals surface area contributed by atoms with Crippen molar-refractivity contribution >= 4 is 50.7 Å². The fourth-order valence-corrected chi connectivity index (χ4v) is 5.15. The van der Waals surface area contributed by atoms with Crippen molar-refractivity contribution in [1.29, 1.82) is 0 Å². The summed E-state index contributed by atoms with van der Waals surface area (Å²) >= 11 is 12.7. The second-order valence-electron chi connectivity index (χ2n) is 8.24. The highest BCUT2D eigenvalue weighted by Crippen LogP contribution is 2.36. The summed E-state index contributed by atoms with van der Waals surface area (Å²) in [6, 6.07) is 8.69. The Hall–Kier alpha value is -2.69. The molecule has 0 saturated heterocycles. The smallest absolute Gasteiger partial charge is 0.244 e. The van der Waals surface area contributed by atoms with Crippen LogP contribution in [-0.4, -0.2) is 57.3 Å². The molecule has 0 spiro atoms. The summed E-state index contributed by atoms with van der Waals surface area (Å²) in [6.45, 7) is 3.54. The van der Waals surface area contributed by atoms with Crippen LogP contribution in [0.3, 0.4) is 0 Å². The van der Waals surface area contributed by atoms with Crippen molar-refractivity contribution in [2.45, 2.75) is 39.3 Å². The molecule has 1 aliphatic rings. The van der Waals surface area contributed by atoms with Crippen LogP contribution in [0, 0.1) is 0 Å². The van der Waals surface area contributed by atoms with Gasteiger partial charge in [-0.25, -0.2) is 8.42 Å². The van der Waals surface area contributed by atoms with E-state index in [1.54, 1.807) is 31.2 Å². The van der Waals surface area contributed by atoms with Crippen LogP contribution in [0.2, 0.25) is 10.0 Å². The lowest BCUT2D eigenvalue weighted by Gasteiger charge is -2.33. The van der Waals surface area contributed by atoms with E-state index in [2.05, 4.69) is 5.32 Å². The van der Waals surface area contributed by atoms with Crippen molar-refractivity contribution in [2.75, 3.05) is 30.4 Å². The van der Waals surface area contributed by atoms with Crippen molar-refractivity contribution < 1.29 is 27.5 Å². The van der Waals surface area contributed by atoms with E-state index < -0.39 is 28.5 Å².